The molecule has 5 nitrogen and oxygen atoms in total. The number of ketones is 1. The summed E-state index contributed by atoms with van der Waals surface area (Å²) in [5.41, 5.74) is 1.48. The van der Waals surface area contributed by atoms with E-state index in [1.54, 1.807) is 11.8 Å². The van der Waals surface area contributed by atoms with Crippen LogP contribution in [0.25, 0.3) is 5.69 Å². The Morgan fingerprint density at radius 2 is 1.80 bits per heavy atom. The van der Waals surface area contributed by atoms with E-state index in [4.69, 9.17) is 11.6 Å². The lowest BCUT2D eigenvalue weighted by Gasteiger charge is -2.20. The van der Waals surface area contributed by atoms with E-state index >= 15 is 0 Å². The molecule has 0 amide bonds. The summed E-state index contributed by atoms with van der Waals surface area (Å²) in [6.07, 6.45) is 1.08. The molecule has 0 bridgehead atoms. The van der Waals surface area contributed by atoms with E-state index in [-0.39, 0.29) is 17.6 Å². The third-order valence-electron chi connectivity index (χ3n) is 4.84. The Balaban J connectivity index is 1.70. The van der Waals surface area contributed by atoms with Gasteiger partial charge >= 0.3 is 0 Å². The molecule has 1 unspecified atom stereocenters. The largest absolute Gasteiger partial charge is 0.300 e. The van der Waals surface area contributed by atoms with Gasteiger partial charge in [-0.3, -0.25) is 14.3 Å². The predicted molar refractivity (Wildman–Crippen MR) is 119 cm³/mol. The molecule has 0 aliphatic rings. The minimum absolute atomic E-state index is 0.0108. The Morgan fingerprint density at radius 3 is 2.43 bits per heavy atom. The molecule has 2 aromatic carbocycles. The van der Waals surface area contributed by atoms with Gasteiger partial charge in [-0.2, -0.15) is 0 Å². The van der Waals surface area contributed by atoms with Crippen molar-refractivity contribution in [2.45, 2.75) is 31.0 Å². The van der Waals surface area contributed by atoms with Crippen LogP contribution >= 0.6 is 23.4 Å². The van der Waals surface area contributed by atoms with E-state index in [0.29, 0.717) is 23.4 Å². The Bertz CT molecular complexity index is 989. The molecule has 158 valence electrons. The first kappa shape index (κ1) is 22.5. The number of hydrogen-bond acceptors (Lipinski definition) is 5. The molecule has 0 spiro atoms. The first-order chi connectivity index (χ1) is 14.4. The van der Waals surface area contributed by atoms with Crippen molar-refractivity contribution < 1.29 is 9.18 Å². The SMILES string of the molecule is CC(c1nnc(SCCCC(=O)c2ccc(F)cc2)n1-c1ccc(Cl)cc1)N(C)C. The molecule has 1 heterocycles. The highest BCUT2D eigenvalue weighted by Gasteiger charge is 2.21. The molecule has 3 rings (SSSR count). The predicted octanol–water partition coefficient (Wildman–Crippen LogP) is 5.44. The number of rotatable bonds is 9. The average molecular weight is 447 g/mol. The average Bonchev–Trinajstić information content (AvgIpc) is 3.15. The van der Waals surface area contributed by atoms with Gasteiger partial charge in [0, 0.05) is 28.4 Å². The summed E-state index contributed by atoms with van der Waals surface area (Å²) in [5, 5.41) is 10.3. The maximum absolute atomic E-state index is 13.0. The van der Waals surface area contributed by atoms with Gasteiger partial charge in [-0.25, -0.2) is 4.39 Å². The summed E-state index contributed by atoms with van der Waals surface area (Å²) in [5.74, 6) is 1.23. The van der Waals surface area contributed by atoms with Crippen molar-refractivity contribution in [2.24, 2.45) is 0 Å². The highest BCUT2D eigenvalue weighted by molar-refractivity contribution is 7.99. The van der Waals surface area contributed by atoms with Crippen molar-refractivity contribution in [3.05, 3.63) is 70.8 Å². The fourth-order valence-corrected chi connectivity index (χ4v) is 3.91. The van der Waals surface area contributed by atoms with Gasteiger partial charge in [0.15, 0.2) is 16.8 Å². The Labute approximate surface area is 185 Å². The first-order valence-corrected chi connectivity index (χ1v) is 11.0. The van der Waals surface area contributed by atoms with Gasteiger partial charge < -0.3 is 0 Å². The van der Waals surface area contributed by atoms with E-state index in [9.17, 15) is 9.18 Å². The number of halogens is 2. The molecule has 8 heteroatoms. The van der Waals surface area contributed by atoms with Crippen LogP contribution in [0, 0.1) is 5.82 Å². The highest BCUT2D eigenvalue weighted by Crippen LogP contribution is 2.28. The van der Waals surface area contributed by atoms with Crippen molar-refractivity contribution in [3.8, 4) is 5.69 Å². The number of Topliss-reactive ketones (excluding diaryl/α,β-unsaturated/α-hetero) is 1. The maximum Gasteiger partial charge on any atom is 0.195 e. The molecule has 1 aromatic heterocycles. The lowest BCUT2D eigenvalue weighted by atomic mass is 10.1. The van der Waals surface area contributed by atoms with Crippen molar-refractivity contribution in [1.82, 2.24) is 19.7 Å². The number of aromatic nitrogens is 3. The molecule has 0 aliphatic carbocycles. The van der Waals surface area contributed by atoms with Crippen LogP contribution in [0.4, 0.5) is 4.39 Å². The fraction of sp³-hybridized carbons (Fsp3) is 0.318. The van der Waals surface area contributed by atoms with Crippen molar-refractivity contribution >= 4 is 29.1 Å². The van der Waals surface area contributed by atoms with Gasteiger partial charge in [-0.15, -0.1) is 10.2 Å². The summed E-state index contributed by atoms with van der Waals surface area (Å²) < 4.78 is 15.0. The molecule has 0 saturated carbocycles. The number of hydrogen-bond donors (Lipinski definition) is 0. The molecular weight excluding hydrogens is 423 g/mol. The standard InChI is InChI=1S/C22H24ClFN4OS/c1-15(27(2)3)21-25-26-22(28(21)19-12-8-17(23)9-13-19)30-14-4-5-20(29)16-6-10-18(24)11-7-16/h6-13,15H,4-5,14H2,1-3H3. The minimum atomic E-state index is -0.341. The normalized spacial score (nSPS) is 12.3. The lowest BCUT2D eigenvalue weighted by molar-refractivity contribution is 0.0982. The number of carbonyl (C=O) groups is 1. The second kappa shape index (κ2) is 10.2. The van der Waals surface area contributed by atoms with E-state index in [1.807, 2.05) is 42.9 Å². The Kier molecular flexibility index (Phi) is 7.64. The number of nitrogens with zero attached hydrogens (tertiary/aromatic N) is 4. The second-order valence-electron chi connectivity index (χ2n) is 7.17. The fourth-order valence-electron chi connectivity index (χ4n) is 2.89. The number of carbonyl (C=O) groups excluding carboxylic acids is 1. The van der Waals surface area contributed by atoms with Crippen LogP contribution < -0.4 is 0 Å². The zero-order valence-electron chi connectivity index (χ0n) is 17.2. The molecule has 0 saturated heterocycles. The van der Waals surface area contributed by atoms with Gasteiger partial charge in [0.1, 0.15) is 5.82 Å². The third kappa shape index (κ3) is 5.47. The van der Waals surface area contributed by atoms with Gasteiger partial charge in [0.25, 0.3) is 0 Å². The lowest BCUT2D eigenvalue weighted by Crippen LogP contribution is -2.20. The van der Waals surface area contributed by atoms with Crippen LogP contribution in [0.3, 0.4) is 0 Å². The Hall–Kier alpha value is -2.22. The summed E-state index contributed by atoms with van der Waals surface area (Å²) >= 11 is 7.61. The highest BCUT2D eigenvalue weighted by atomic mass is 35.5. The first-order valence-electron chi connectivity index (χ1n) is 9.66. The molecule has 0 fully saturated rings. The summed E-state index contributed by atoms with van der Waals surface area (Å²) in [6.45, 7) is 2.08. The molecule has 3 aromatic rings. The van der Waals surface area contributed by atoms with E-state index in [1.165, 1.54) is 24.3 Å². The Morgan fingerprint density at radius 1 is 1.13 bits per heavy atom. The van der Waals surface area contributed by atoms with Gasteiger partial charge in [-0.05, 0) is 76.0 Å². The molecule has 0 aliphatic heterocycles. The van der Waals surface area contributed by atoms with E-state index in [0.717, 1.165) is 22.4 Å². The molecule has 30 heavy (non-hydrogen) atoms. The van der Waals surface area contributed by atoms with Crippen LogP contribution in [0.1, 0.15) is 42.0 Å². The topological polar surface area (TPSA) is 51.0 Å². The van der Waals surface area contributed by atoms with Crippen LogP contribution in [0.5, 0.6) is 0 Å². The van der Waals surface area contributed by atoms with E-state index in [2.05, 4.69) is 22.0 Å². The summed E-state index contributed by atoms with van der Waals surface area (Å²) in [4.78, 5) is 14.3. The molecule has 1 atom stereocenters. The molecular formula is C22H24ClFN4OS. The van der Waals surface area contributed by atoms with Gasteiger partial charge in [-0.1, -0.05) is 23.4 Å². The second-order valence-corrected chi connectivity index (χ2v) is 8.67. The quantitative estimate of drug-likeness (QED) is 0.249. The van der Waals surface area contributed by atoms with Crippen LogP contribution in [-0.4, -0.2) is 45.3 Å². The van der Waals surface area contributed by atoms with Crippen molar-refractivity contribution in [2.75, 3.05) is 19.8 Å². The zero-order valence-corrected chi connectivity index (χ0v) is 18.8. The van der Waals surface area contributed by atoms with Crippen LogP contribution in [-0.2, 0) is 0 Å². The minimum Gasteiger partial charge on any atom is -0.300 e. The molecule has 0 N–H and O–H groups in total. The van der Waals surface area contributed by atoms with Gasteiger partial charge in [0.2, 0.25) is 0 Å². The van der Waals surface area contributed by atoms with Crippen LogP contribution in [0.15, 0.2) is 53.7 Å². The van der Waals surface area contributed by atoms with Crippen molar-refractivity contribution in [3.63, 3.8) is 0 Å². The smallest absolute Gasteiger partial charge is 0.195 e. The van der Waals surface area contributed by atoms with E-state index < -0.39 is 0 Å². The number of benzene rings is 2. The number of thioether (sulfide) groups is 1. The molecule has 0 radical (unpaired) electrons. The monoisotopic (exact) mass is 446 g/mol. The summed E-state index contributed by atoms with van der Waals surface area (Å²) in [7, 11) is 4.00. The zero-order chi connectivity index (χ0) is 21.7. The maximum atomic E-state index is 13.0. The summed E-state index contributed by atoms with van der Waals surface area (Å²) in [6, 6.07) is 13.3. The van der Waals surface area contributed by atoms with Crippen molar-refractivity contribution in [1.29, 1.82) is 0 Å². The van der Waals surface area contributed by atoms with Crippen LogP contribution in [0.2, 0.25) is 5.02 Å². The van der Waals surface area contributed by atoms with Gasteiger partial charge in [0.05, 0.1) is 6.04 Å². The third-order valence-corrected chi connectivity index (χ3v) is 6.10.